The highest BCUT2D eigenvalue weighted by atomic mass is 79.9. The minimum absolute atomic E-state index is 0.723. The maximum atomic E-state index is 5.00. The fourth-order valence-electron chi connectivity index (χ4n) is 1.58. The number of rotatable bonds is 7. The van der Waals surface area contributed by atoms with Crippen molar-refractivity contribution in [2.75, 3.05) is 20.3 Å². The molecule has 6 heteroatoms. The molecule has 4 nitrogen and oxygen atoms in total. The molecule has 1 aromatic carbocycles. The van der Waals surface area contributed by atoms with Gasteiger partial charge in [-0.1, -0.05) is 6.07 Å². The third kappa shape index (κ3) is 4.86. The Kier molecular flexibility index (Phi) is 6.46. The first-order chi connectivity index (χ1) is 9.79. The van der Waals surface area contributed by atoms with E-state index in [0.29, 0.717) is 0 Å². The Balaban J connectivity index is 1.95. The molecule has 2 aromatic rings. The summed E-state index contributed by atoms with van der Waals surface area (Å²) in [6.45, 7) is 2.40. The number of hydrogen-bond acceptors (Lipinski definition) is 5. The lowest BCUT2D eigenvalue weighted by molar-refractivity contribution is 0.199. The molecule has 2 rings (SSSR count). The summed E-state index contributed by atoms with van der Waals surface area (Å²) in [5, 5.41) is 4.07. The van der Waals surface area contributed by atoms with Crippen molar-refractivity contribution in [1.82, 2.24) is 15.3 Å². The number of nitrogens with zero attached hydrogens (tertiary/aromatic N) is 2. The second-order valence-corrected chi connectivity index (χ2v) is 5.93. The van der Waals surface area contributed by atoms with Crippen LogP contribution in [0.1, 0.15) is 5.56 Å². The summed E-state index contributed by atoms with van der Waals surface area (Å²) in [5.74, 6) is 0. The highest BCUT2D eigenvalue weighted by Crippen LogP contribution is 2.31. The number of ether oxygens (including phenoxy) is 1. The maximum Gasteiger partial charge on any atom is 0.192 e. The van der Waals surface area contributed by atoms with Gasteiger partial charge in [-0.3, -0.25) is 0 Å². The van der Waals surface area contributed by atoms with Crippen LogP contribution in [0.25, 0.3) is 0 Å². The number of hydrogen-bond donors (Lipinski definition) is 1. The number of nitrogens with one attached hydrogen (secondary N) is 1. The molecule has 0 atom stereocenters. The number of methoxy groups -OCH3 is 1. The second-order valence-electron chi connectivity index (χ2n) is 4.07. The van der Waals surface area contributed by atoms with E-state index in [1.54, 1.807) is 31.3 Å². The molecule has 0 aliphatic rings. The lowest BCUT2D eigenvalue weighted by Gasteiger charge is -2.07. The SMILES string of the molecule is COCCNCc1ccc(Sc2ncccn2)c(Br)c1. The van der Waals surface area contributed by atoms with Gasteiger partial charge in [0.1, 0.15) is 0 Å². The van der Waals surface area contributed by atoms with Crippen molar-refractivity contribution in [2.45, 2.75) is 16.6 Å². The Morgan fingerprint density at radius 2 is 2.10 bits per heavy atom. The van der Waals surface area contributed by atoms with Gasteiger partial charge in [0.05, 0.1) is 6.61 Å². The van der Waals surface area contributed by atoms with Crippen molar-refractivity contribution in [3.05, 3.63) is 46.7 Å². The number of benzene rings is 1. The van der Waals surface area contributed by atoms with Gasteiger partial charge < -0.3 is 10.1 Å². The highest BCUT2D eigenvalue weighted by molar-refractivity contribution is 9.10. The molecule has 0 saturated carbocycles. The molecule has 0 radical (unpaired) electrons. The van der Waals surface area contributed by atoms with Gasteiger partial charge in [0, 0.05) is 42.0 Å². The average Bonchev–Trinajstić information content (AvgIpc) is 2.47. The fraction of sp³-hybridized carbons (Fsp3) is 0.286. The molecule has 0 fully saturated rings. The van der Waals surface area contributed by atoms with Crippen LogP contribution in [0.5, 0.6) is 0 Å². The van der Waals surface area contributed by atoms with E-state index in [0.717, 1.165) is 34.2 Å². The molecule has 106 valence electrons. The van der Waals surface area contributed by atoms with Crippen molar-refractivity contribution < 1.29 is 4.74 Å². The monoisotopic (exact) mass is 353 g/mol. The van der Waals surface area contributed by atoms with E-state index >= 15 is 0 Å². The topological polar surface area (TPSA) is 47.0 Å². The predicted octanol–water partition coefficient (Wildman–Crippen LogP) is 3.13. The highest BCUT2D eigenvalue weighted by Gasteiger charge is 2.05. The third-order valence-electron chi connectivity index (χ3n) is 2.55. The first-order valence-corrected chi connectivity index (χ1v) is 7.83. The van der Waals surface area contributed by atoms with Gasteiger partial charge in [-0.05, 0) is 51.5 Å². The van der Waals surface area contributed by atoms with Crippen LogP contribution in [0.2, 0.25) is 0 Å². The Morgan fingerprint density at radius 1 is 1.30 bits per heavy atom. The number of halogens is 1. The third-order valence-corrected chi connectivity index (χ3v) is 4.44. The van der Waals surface area contributed by atoms with Crippen molar-refractivity contribution in [2.24, 2.45) is 0 Å². The summed E-state index contributed by atoms with van der Waals surface area (Å²) in [6, 6.07) is 8.12. The van der Waals surface area contributed by atoms with Crippen molar-refractivity contribution in [3.63, 3.8) is 0 Å². The molecule has 0 spiro atoms. The first-order valence-electron chi connectivity index (χ1n) is 6.22. The minimum Gasteiger partial charge on any atom is -0.383 e. The summed E-state index contributed by atoms with van der Waals surface area (Å²) in [6.07, 6.45) is 3.49. The van der Waals surface area contributed by atoms with Gasteiger partial charge in [-0.25, -0.2) is 9.97 Å². The van der Waals surface area contributed by atoms with Gasteiger partial charge in [0.15, 0.2) is 5.16 Å². The zero-order valence-electron chi connectivity index (χ0n) is 11.2. The Bertz CT molecular complexity index is 539. The lowest BCUT2D eigenvalue weighted by Crippen LogP contribution is -2.18. The Hall–Kier alpha value is -0.950. The molecule has 0 amide bonds. The molecule has 1 aromatic heterocycles. The van der Waals surface area contributed by atoms with E-state index in [2.05, 4.69) is 49.4 Å². The van der Waals surface area contributed by atoms with Crippen LogP contribution in [-0.2, 0) is 11.3 Å². The van der Waals surface area contributed by atoms with Crippen LogP contribution in [0.3, 0.4) is 0 Å². The molecule has 0 unspecified atom stereocenters. The van der Waals surface area contributed by atoms with E-state index in [1.807, 2.05) is 6.07 Å². The summed E-state index contributed by atoms with van der Waals surface area (Å²) in [7, 11) is 1.70. The fourth-order valence-corrected chi connectivity index (χ4v) is 2.97. The van der Waals surface area contributed by atoms with E-state index in [-0.39, 0.29) is 0 Å². The van der Waals surface area contributed by atoms with E-state index in [4.69, 9.17) is 4.74 Å². The van der Waals surface area contributed by atoms with E-state index < -0.39 is 0 Å². The van der Waals surface area contributed by atoms with Gasteiger partial charge >= 0.3 is 0 Å². The van der Waals surface area contributed by atoms with E-state index in [9.17, 15) is 0 Å². The molecule has 0 aliphatic heterocycles. The minimum atomic E-state index is 0.723. The standard InChI is InChI=1S/C14H16BrN3OS/c1-19-8-7-16-10-11-3-4-13(12(15)9-11)20-14-17-5-2-6-18-14/h2-6,9,16H,7-8,10H2,1H3. The summed E-state index contributed by atoms with van der Waals surface area (Å²) >= 11 is 5.14. The van der Waals surface area contributed by atoms with Gasteiger partial charge in [0.25, 0.3) is 0 Å². The average molecular weight is 354 g/mol. The maximum absolute atomic E-state index is 5.00. The van der Waals surface area contributed by atoms with Gasteiger partial charge in [-0.15, -0.1) is 0 Å². The largest absolute Gasteiger partial charge is 0.383 e. The molecule has 0 bridgehead atoms. The smallest absolute Gasteiger partial charge is 0.192 e. The normalized spacial score (nSPS) is 10.7. The number of aromatic nitrogens is 2. The van der Waals surface area contributed by atoms with Crippen LogP contribution in [0.15, 0.2) is 51.2 Å². The van der Waals surface area contributed by atoms with Crippen LogP contribution >= 0.6 is 27.7 Å². The molecule has 20 heavy (non-hydrogen) atoms. The zero-order chi connectivity index (χ0) is 14.2. The molecule has 0 aliphatic carbocycles. The Morgan fingerprint density at radius 3 is 2.80 bits per heavy atom. The van der Waals surface area contributed by atoms with Gasteiger partial charge in [-0.2, -0.15) is 0 Å². The second kappa shape index (κ2) is 8.36. The molecular formula is C14H16BrN3OS. The zero-order valence-corrected chi connectivity index (χ0v) is 13.6. The quantitative estimate of drug-likeness (QED) is 0.612. The predicted molar refractivity (Wildman–Crippen MR) is 83.9 cm³/mol. The first kappa shape index (κ1) is 15.4. The van der Waals surface area contributed by atoms with Crippen LogP contribution < -0.4 is 5.32 Å². The summed E-state index contributed by atoms with van der Waals surface area (Å²) in [5.41, 5.74) is 1.23. The summed E-state index contributed by atoms with van der Waals surface area (Å²) < 4.78 is 6.06. The van der Waals surface area contributed by atoms with Gasteiger partial charge in [0.2, 0.25) is 0 Å². The van der Waals surface area contributed by atoms with Crippen molar-refractivity contribution in [1.29, 1.82) is 0 Å². The van der Waals surface area contributed by atoms with Crippen LogP contribution in [-0.4, -0.2) is 30.2 Å². The molecular weight excluding hydrogens is 338 g/mol. The molecule has 1 N–H and O–H groups in total. The lowest BCUT2D eigenvalue weighted by atomic mass is 10.2. The molecule has 1 heterocycles. The van der Waals surface area contributed by atoms with Crippen molar-refractivity contribution >= 4 is 27.7 Å². The molecule has 0 saturated heterocycles. The van der Waals surface area contributed by atoms with E-state index in [1.165, 1.54) is 5.56 Å². The summed E-state index contributed by atoms with van der Waals surface area (Å²) in [4.78, 5) is 9.53. The van der Waals surface area contributed by atoms with Crippen LogP contribution in [0, 0.1) is 0 Å². The van der Waals surface area contributed by atoms with Crippen molar-refractivity contribution in [3.8, 4) is 0 Å². The van der Waals surface area contributed by atoms with Crippen LogP contribution in [0.4, 0.5) is 0 Å². The Labute approximate surface area is 131 Å².